The second-order valence-electron chi connectivity index (χ2n) is 3.11. The van der Waals surface area contributed by atoms with Gasteiger partial charge in [-0.15, -0.1) is 0 Å². The van der Waals surface area contributed by atoms with Crippen LogP contribution in [0, 0.1) is 0 Å². The number of thiol groups is 2. The molecule has 2 heterocycles. The summed E-state index contributed by atoms with van der Waals surface area (Å²) >= 11 is 8.24. The zero-order chi connectivity index (χ0) is 8.06. The SMILES string of the molecule is CN1N2C(NS)C12CCCS. The summed E-state index contributed by atoms with van der Waals surface area (Å²) in [7, 11) is 2.11. The highest BCUT2D eigenvalue weighted by atomic mass is 32.1. The predicted molar refractivity (Wildman–Crippen MR) is 51.3 cm³/mol. The molecule has 5 heteroatoms. The second-order valence-corrected chi connectivity index (χ2v) is 3.81. The lowest BCUT2D eigenvalue weighted by molar-refractivity contribution is 0.248. The smallest absolute Gasteiger partial charge is 0.133 e. The van der Waals surface area contributed by atoms with Crippen LogP contribution in [0.2, 0.25) is 0 Å². The molecular weight excluding hydrogens is 178 g/mol. The highest BCUT2D eigenvalue weighted by Crippen LogP contribution is 2.61. The van der Waals surface area contributed by atoms with Gasteiger partial charge in [-0.1, -0.05) is 12.8 Å². The molecule has 0 radical (unpaired) electrons. The minimum atomic E-state index is 0.324. The van der Waals surface area contributed by atoms with E-state index in [2.05, 4.69) is 47.2 Å². The van der Waals surface area contributed by atoms with Gasteiger partial charge < -0.3 is 0 Å². The van der Waals surface area contributed by atoms with Gasteiger partial charge in [-0.2, -0.15) is 17.6 Å². The van der Waals surface area contributed by atoms with Crippen LogP contribution >= 0.6 is 25.4 Å². The fourth-order valence-corrected chi connectivity index (χ4v) is 2.38. The molecule has 2 fully saturated rings. The Labute approximate surface area is 78.0 Å². The van der Waals surface area contributed by atoms with Gasteiger partial charge in [0.05, 0.1) is 0 Å². The summed E-state index contributed by atoms with van der Waals surface area (Å²) in [5, 5.41) is 4.55. The molecule has 2 rings (SSSR count). The van der Waals surface area contributed by atoms with Gasteiger partial charge in [0.1, 0.15) is 11.8 Å². The van der Waals surface area contributed by atoms with Crippen LogP contribution in [-0.2, 0) is 0 Å². The molecule has 1 N–H and O–H groups in total. The number of nitrogens with zero attached hydrogens (tertiary/aromatic N) is 2. The van der Waals surface area contributed by atoms with Crippen LogP contribution in [0.15, 0.2) is 0 Å². The fourth-order valence-electron chi connectivity index (χ4n) is 1.91. The zero-order valence-electron chi connectivity index (χ0n) is 6.49. The maximum absolute atomic E-state index is 4.19. The average molecular weight is 191 g/mol. The van der Waals surface area contributed by atoms with Gasteiger partial charge in [-0.3, -0.25) is 0 Å². The molecule has 0 saturated carbocycles. The van der Waals surface area contributed by atoms with E-state index < -0.39 is 0 Å². The topological polar surface area (TPSA) is 18.0 Å². The van der Waals surface area contributed by atoms with E-state index in [9.17, 15) is 0 Å². The van der Waals surface area contributed by atoms with Crippen LogP contribution in [0.3, 0.4) is 0 Å². The van der Waals surface area contributed by atoms with Gasteiger partial charge in [0.2, 0.25) is 0 Å². The summed E-state index contributed by atoms with van der Waals surface area (Å²) in [6.07, 6.45) is 2.86. The lowest BCUT2D eigenvalue weighted by atomic mass is 10.2. The summed E-state index contributed by atoms with van der Waals surface area (Å²) in [5.41, 5.74) is 0.324. The number of hydrogen-bond acceptors (Lipinski definition) is 5. The van der Waals surface area contributed by atoms with Crippen LogP contribution < -0.4 is 4.72 Å². The van der Waals surface area contributed by atoms with E-state index in [0.717, 1.165) is 5.75 Å². The quantitative estimate of drug-likeness (QED) is 0.439. The maximum Gasteiger partial charge on any atom is 0.133 e. The molecular formula is C6H13N3S2. The van der Waals surface area contributed by atoms with E-state index in [1.807, 2.05) is 0 Å². The first-order valence-electron chi connectivity index (χ1n) is 3.82. The summed E-state index contributed by atoms with van der Waals surface area (Å²) in [4.78, 5) is 0. The monoisotopic (exact) mass is 191 g/mol. The number of fused-ring (bicyclic) bond motifs is 1. The molecule has 0 aromatic rings. The van der Waals surface area contributed by atoms with Crippen LogP contribution in [0.25, 0.3) is 0 Å². The summed E-state index contributed by atoms with van der Waals surface area (Å²) in [6, 6.07) is 0. The molecule has 3 nitrogen and oxygen atoms in total. The Hall–Kier alpha value is 0.580. The second kappa shape index (κ2) is 2.53. The van der Waals surface area contributed by atoms with Gasteiger partial charge in [0, 0.05) is 7.05 Å². The van der Waals surface area contributed by atoms with Gasteiger partial charge in [0.25, 0.3) is 0 Å². The standard InChI is InChI=1S/C6H13N3S2/c1-8-6(3-2-4-10)5(7-11)9(6)8/h5,7,10-11H,2-4H2,1H3. The third-order valence-electron chi connectivity index (χ3n) is 2.68. The van der Waals surface area contributed by atoms with E-state index in [1.54, 1.807) is 0 Å². The molecule has 0 spiro atoms. The summed E-state index contributed by atoms with van der Waals surface area (Å²) in [5.74, 6) is 0.975. The molecule has 64 valence electrons. The third kappa shape index (κ3) is 0.890. The molecule has 2 aliphatic heterocycles. The van der Waals surface area contributed by atoms with Crippen molar-refractivity contribution in [2.45, 2.75) is 24.7 Å². The van der Waals surface area contributed by atoms with E-state index in [-0.39, 0.29) is 0 Å². The minimum Gasteiger partial charge on any atom is -0.246 e. The van der Waals surface area contributed by atoms with Gasteiger partial charge in [-0.05, 0) is 18.6 Å². The van der Waals surface area contributed by atoms with E-state index in [4.69, 9.17) is 0 Å². The Morgan fingerprint density at radius 1 is 1.64 bits per heavy atom. The van der Waals surface area contributed by atoms with Crippen molar-refractivity contribution in [3.63, 3.8) is 0 Å². The minimum absolute atomic E-state index is 0.324. The Morgan fingerprint density at radius 3 is 2.73 bits per heavy atom. The largest absolute Gasteiger partial charge is 0.246 e. The molecule has 2 saturated heterocycles. The Kier molecular flexibility index (Phi) is 1.89. The van der Waals surface area contributed by atoms with Crippen molar-refractivity contribution >= 4 is 25.4 Å². The molecule has 0 aromatic carbocycles. The highest BCUT2D eigenvalue weighted by molar-refractivity contribution is 7.80. The first-order chi connectivity index (χ1) is 5.29. The number of hydrazine groups is 1. The first kappa shape index (κ1) is 8.19. The number of hydrogen-bond donors (Lipinski definition) is 3. The molecule has 2 aliphatic rings. The van der Waals surface area contributed by atoms with Crippen molar-refractivity contribution in [1.82, 2.24) is 14.7 Å². The normalized spacial score (nSPS) is 52.1. The van der Waals surface area contributed by atoms with Crippen LogP contribution in [0.5, 0.6) is 0 Å². The van der Waals surface area contributed by atoms with E-state index in [1.165, 1.54) is 12.8 Å². The molecule has 11 heavy (non-hydrogen) atoms. The van der Waals surface area contributed by atoms with Crippen LogP contribution in [0.4, 0.5) is 0 Å². The molecule has 4 unspecified atom stereocenters. The van der Waals surface area contributed by atoms with Gasteiger partial charge in [-0.25, -0.2) is 9.73 Å². The number of nitrogens with one attached hydrogen (secondary N) is 1. The third-order valence-corrected chi connectivity index (χ3v) is 3.24. The fraction of sp³-hybridized carbons (Fsp3) is 1.00. The first-order valence-corrected chi connectivity index (χ1v) is 4.90. The van der Waals surface area contributed by atoms with E-state index in [0.29, 0.717) is 11.8 Å². The van der Waals surface area contributed by atoms with Crippen molar-refractivity contribution in [3.05, 3.63) is 0 Å². The molecule has 0 aromatic heterocycles. The molecule has 0 amide bonds. The van der Waals surface area contributed by atoms with Crippen molar-refractivity contribution in [3.8, 4) is 0 Å². The zero-order valence-corrected chi connectivity index (χ0v) is 8.28. The van der Waals surface area contributed by atoms with Gasteiger partial charge >= 0.3 is 0 Å². The van der Waals surface area contributed by atoms with Crippen molar-refractivity contribution in [2.75, 3.05) is 12.8 Å². The van der Waals surface area contributed by atoms with Crippen molar-refractivity contribution in [1.29, 1.82) is 0 Å². The lowest BCUT2D eigenvalue weighted by Crippen LogP contribution is -2.33. The van der Waals surface area contributed by atoms with Crippen molar-refractivity contribution in [2.24, 2.45) is 0 Å². The molecule has 0 aliphatic carbocycles. The average Bonchev–Trinajstić information content (AvgIpc) is 2.84. The maximum atomic E-state index is 4.19. The van der Waals surface area contributed by atoms with Gasteiger partial charge in [0.15, 0.2) is 0 Å². The Balaban J connectivity index is 1.83. The number of likely N-dealkylation sites (N-methyl/N-ethyl adjacent to an activating group) is 1. The summed E-state index contributed by atoms with van der Waals surface area (Å²) < 4.78 is 2.97. The predicted octanol–water partition coefficient (Wildman–Crippen LogP) is 0.329. The van der Waals surface area contributed by atoms with Crippen molar-refractivity contribution < 1.29 is 0 Å². The Morgan fingerprint density at radius 2 is 2.36 bits per heavy atom. The van der Waals surface area contributed by atoms with E-state index >= 15 is 0 Å². The molecule has 4 atom stereocenters. The highest BCUT2D eigenvalue weighted by Gasteiger charge is 2.82. The van der Waals surface area contributed by atoms with Crippen LogP contribution in [0.1, 0.15) is 12.8 Å². The number of rotatable bonds is 4. The molecule has 0 bridgehead atoms. The van der Waals surface area contributed by atoms with Crippen LogP contribution in [-0.4, -0.2) is 34.6 Å². The summed E-state index contributed by atoms with van der Waals surface area (Å²) in [6.45, 7) is 0. The lowest BCUT2D eigenvalue weighted by Gasteiger charge is -2.13. The Bertz CT molecular complexity index is 171.